The van der Waals surface area contributed by atoms with Gasteiger partial charge in [-0.1, -0.05) is 23.4 Å². The minimum atomic E-state index is -0.890. The van der Waals surface area contributed by atoms with E-state index in [2.05, 4.69) is 10.2 Å². The Labute approximate surface area is 94.1 Å². The maximum Gasteiger partial charge on any atom is 0.313 e. The van der Waals surface area contributed by atoms with Crippen LogP contribution in [0.4, 0.5) is 0 Å². The molecule has 0 bridgehead atoms. The summed E-state index contributed by atoms with van der Waals surface area (Å²) in [6.45, 7) is 0. The van der Waals surface area contributed by atoms with Crippen LogP contribution in [0.2, 0.25) is 5.02 Å². The molecule has 0 aliphatic rings. The van der Waals surface area contributed by atoms with Gasteiger partial charge in [0.15, 0.2) is 10.8 Å². The summed E-state index contributed by atoms with van der Waals surface area (Å²) < 4.78 is 1.66. The van der Waals surface area contributed by atoms with E-state index in [1.807, 2.05) is 0 Å². The Kier molecular flexibility index (Phi) is 2.79. The quantitative estimate of drug-likeness (QED) is 0.829. The molecule has 7 heteroatoms. The maximum atomic E-state index is 10.4. The number of fused-ring (bicyclic) bond motifs is 1. The zero-order chi connectivity index (χ0) is 10.8. The molecule has 0 aliphatic heterocycles. The first-order chi connectivity index (χ1) is 7.16. The summed E-state index contributed by atoms with van der Waals surface area (Å²) in [5.74, 6) is -0.938. The highest BCUT2D eigenvalue weighted by Crippen LogP contribution is 2.18. The average Bonchev–Trinajstić information content (AvgIpc) is 2.57. The standard InChI is InChI=1S/C8H6ClN3O2S/c9-5-1-2-6-10-11-8(12(6)3-5)15-4-7(13)14/h1-3H,4H2,(H,13,14). The van der Waals surface area contributed by atoms with Crippen molar-refractivity contribution in [1.82, 2.24) is 14.6 Å². The molecule has 2 rings (SSSR count). The summed E-state index contributed by atoms with van der Waals surface area (Å²) in [5.41, 5.74) is 0.646. The highest BCUT2D eigenvalue weighted by atomic mass is 35.5. The topological polar surface area (TPSA) is 67.5 Å². The van der Waals surface area contributed by atoms with Gasteiger partial charge in [-0.25, -0.2) is 0 Å². The monoisotopic (exact) mass is 243 g/mol. The van der Waals surface area contributed by atoms with E-state index >= 15 is 0 Å². The van der Waals surface area contributed by atoms with Gasteiger partial charge in [0.05, 0.1) is 10.8 Å². The Hall–Kier alpha value is -1.27. The van der Waals surface area contributed by atoms with Crippen molar-refractivity contribution in [2.75, 3.05) is 5.75 Å². The zero-order valence-corrected chi connectivity index (χ0v) is 8.99. The first-order valence-corrected chi connectivity index (χ1v) is 5.38. The maximum absolute atomic E-state index is 10.4. The smallest absolute Gasteiger partial charge is 0.313 e. The molecule has 0 saturated carbocycles. The second kappa shape index (κ2) is 4.08. The van der Waals surface area contributed by atoms with Gasteiger partial charge in [-0.3, -0.25) is 9.20 Å². The van der Waals surface area contributed by atoms with E-state index in [9.17, 15) is 4.79 Å². The SMILES string of the molecule is O=C(O)CSc1nnc2ccc(Cl)cn12. The summed E-state index contributed by atoms with van der Waals surface area (Å²) in [4.78, 5) is 10.4. The number of carbonyl (C=O) groups is 1. The largest absolute Gasteiger partial charge is 0.481 e. The number of nitrogens with zero attached hydrogens (tertiary/aromatic N) is 3. The van der Waals surface area contributed by atoms with Crippen LogP contribution in [0.15, 0.2) is 23.5 Å². The number of halogens is 1. The normalized spacial score (nSPS) is 10.7. The third kappa shape index (κ3) is 2.21. The lowest BCUT2D eigenvalue weighted by Gasteiger charge is -1.97. The van der Waals surface area contributed by atoms with Crippen LogP contribution < -0.4 is 0 Å². The first kappa shape index (κ1) is 10.3. The van der Waals surface area contributed by atoms with Gasteiger partial charge >= 0.3 is 5.97 Å². The van der Waals surface area contributed by atoms with Gasteiger partial charge in [-0.2, -0.15) is 0 Å². The highest BCUT2D eigenvalue weighted by Gasteiger charge is 2.08. The number of carboxylic acid groups (broad SMARTS) is 1. The van der Waals surface area contributed by atoms with E-state index in [-0.39, 0.29) is 5.75 Å². The zero-order valence-electron chi connectivity index (χ0n) is 7.42. The van der Waals surface area contributed by atoms with Crippen molar-refractivity contribution >= 4 is 35.0 Å². The third-order valence-corrected chi connectivity index (χ3v) is 2.81. The van der Waals surface area contributed by atoms with Crippen molar-refractivity contribution in [1.29, 1.82) is 0 Å². The van der Waals surface area contributed by atoms with Gasteiger partial charge < -0.3 is 5.11 Å². The van der Waals surface area contributed by atoms with Gasteiger partial charge in [0, 0.05) is 6.20 Å². The Bertz CT molecular complexity index is 514. The molecular formula is C8H6ClN3O2S. The number of hydrogen-bond acceptors (Lipinski definition) is 4. The van der Waals surface area contributed by atoms with Crippen molar-refractivity contribution in [3.05, 3.63) is 23.4 Å². The molecule has 0 radical (unpaired) electrons. The van der Waals surface area contributed by atoms with Crippen molar-refractivity contribution in [3.63, 3.8) is 0 Å². The molecule has 78 valence electrons. The molecule has 0 saturated heterocycles. The number of aliphatic carboxylic acids is 1. The lowest BCUT2D eigenvalue weighted by Crippen LogP contribution is -1.99. The van der Waals surface area contributed by atoms with Crippen LogP contribution in [0.25, 0.3) is 5.65 Å². The van der Waals surface area contributed by atoms with Crippen LogP contribution in [0, 0.1) is 0 Å². The number of hydrogen-bond donors (Lipinski definition) is 1. The summed E-state index contributed by atoms with van der Waals surface area (Å²) >= 11 is 6.91. The Morgan fingerprint density at radius 3 is 3.07 bits per heavy atom. The average molecular weight is 244 g/mol. The summed E-state index contributed by atoms with van der Waals surface area (Å²) in [6.07, 6.45) is 1.65. The van der Waals surface area contributed by atoms with E-state index in [4.69, 9.17) is 16.7 Å². The van der Waals surface area contributed by atoms with Crippen LogP contribution >= 0.6 is 23.4 Å². The third-order valence-electron chi connectivity index (χ3n) is 1.66. The lowest BCUT2D eigenvalue weighted by molar-refractivity contribution is -0.133. The van der Waals surface area contributed by atoms with Crippen molar-refractivity contribution in [2.45, 2.75) is 5.16 Å². The van der Waals surface area contributed by atoms with Crippen molar-refractivity contribution < 1.29 is 9.90 Å². The van der Waals surface area contributed by atoms with Gasteiger partial charge in [0.1, 0.15) is 0 Å². The van der Waals surface area contributed by atoms with Crippen LogP contribution in [-0.4, -0.2) is 31.4 Å². The predicted molar refractivity (Wildman–Crippen MR) is 56.4 cm³/mol. The number of rotatable bonds is 3. The molecule has 15 heavy (non-hydrogen) atoms. The molecule has 1 N–H and O–H groups in total. The minimum Gasteiger partial charge on any atom is -0.481 e. The van der Waals surface area contributed by atoms with E-state index in [1.54, 1.807) is 22.7 Å². The molecule has 0 spiro atoms. The first-order valence-electron chi connectivity index (χ1n) is 4.02. The molecule has 0 unspecified atom stereocenters. The van der Waals surface area contributed by atoms with Gasteiger partial charge in [-0.05, 0) is 12.1 Å². The van der Waals surface area contributed by atoms with Crippen molar-refractivity contribution in [3.8, 4) is 0 Å². The second-order valence-corrected chi connectivity index (χ2v) is 4.12. The Morgan fingerprint density at radius 2 is 2.33 bits per heavy atom. The van der Waals surface area contributed by atoms with Crippen molar-refractivity contribution in [2.24, 2.45) is 0 Å². The fourth-order valence-electron chi connectivity index (χ4n) is 1.07. The molecule has 0 aromatic carbocycles. The molecule has 2 aromatic heterocycles. The summed E-state index contributed by atoms with van der Waals surface area (Å²) in [7, 11) is 0. The molecule has 2 aromatic rings. The number of pyridine rings is 1. The van der Waals surface area contributed by atoms with Gasteiger partial charge in [-0.15, -0.1) is 10.2 Å². The molecule has 0 amide bonds. The molecule has 0 fully saturated rings. The summed E-state index contributed by atoms with van der Waals surface area (Å²) in [5, 5.41) is 17.4. The van der Waals surface area contributed by atoms with E-state index in [0.29, 0.717) is 15.8 Å². The Morgan fingerprint density at radius 1 is 1.53 bits per heavy atom. The molecule has 2 heterocycles. The summed E-state index contributed by atoms with van der Waals surface area (Å²) in [6, 6.07) is 3.43. The fourth-order valence-corrected chi connectivity index (χ4v) is 1.87. The van der Waals surface area contributed by atoms with E-state index in [1.165, 1.54) is 0 Å². The Balaban J connectivity index is 2.35. The van der Waals surface area contributed by atoms with Crippen LogP contribution in [0.3, 0.4) is 0 Å². The molecule has 0 aliphatic carbocycles. The van der Waals surface area contributed by atoms with Crippen LogP contribution in [-0.2, 0) is 4.79 Å². The van der Waals surface area contributed by atoms with E-state index < -0.39 is 5.97 Å². The molecule has 0 atom stereocenters. The number of thioether (sulfide) groups is 1. The number of carboxylic acids is 1. The molecular weight excluding hydrogens is 238 g/mol. The minimum absolute atomic E-state index is 0.0483. The highest BCUT2D eigenvalue weighted by molar-refractivity contribution is 7.99. The second-order valence-electron chi connectivity index (χ2n) is 2.74. The predicted octanol–water partition coefficient (Wildman–Crippen LogP) is 1.56. The van der Waals surface area contributed by atoms with Gasteiger partial charge in [0.25, 0.3) is 0 Å². The fraction of sp³-hybridized carbons (Fsp3) is 0.125. The molecule has 5 nitrogen and oxygen atoms in total. The van der Waals surface area contributed by atoms with Crippen LogP contribution in [0.1, 0.15) is 0 Å². The number of aromatic nitrogens is 3. The van der Waals surface area contributed by atoms with E-state index in [0.717, 1.165) is 11.8 Å². The lowest BCUT2D eigenvalue weighted by atomic mass is 10.5. The van der Waals surface area contributed by atoms with Gasteiger partial charge in [0.2, 0.25) is 0 Å². The van der Waals surface area contributed by atoms with Crippen LogP contribution in [0.5, 0.6) is 0 Å².